The Balaban J connectivity index is 3.19. The van der Waals surface area contributed by atoms with E-state index in [9.17, 15) is 14.7 Å². The molecule has 1 aromatic carbocycles. The Morgan fingerprint density at radius 3 is 2.43 bits per heavy atom. The fourth-order valence-electron chi connectivity index (χ4n) is 1.18. The normalized spacial score (nSPS) is 12.2. The predicted molar refractivity (Wildman–Crippen MR) is 52.3 cm³/mol. The molecule has 0 aliphatic rings. The van der Waals surface area contributed by atoms with Gasteiger partial charge >= 0.3 is 0 Å². The Kier molecular flexibility index (Phi) is 3.38. The summed E-state index contributed by atoms with van der Waals surface area (Å²) in [5.74, 6) is -0.211. The molecule has 0 saturated carbocycles. The van der Waals surface area contributed by atoms with Crippen molar-refractivity contribution in [3.63, 3.8) is 0 Å². The van der Waals surface area contributed by atoms with Crippen LogP contribution in [0.4, 0.5) is 0 Å². The molecule has 0 aromatic heterocycles. The molecule has 3 nitrogen and oxygen atoms in total. The number of Topliss-reactive ketones (excluding diaryl/α,β-unsaturated/α-hetero) is 1. The standard InChI is InChI=1S/C10H9ClO3/c1-6(12)7-4-2-3-5-8(7)9(13)10(11)14/h2-5,9,13H,1H3/t9-/m1/s1. The van der Waals surface area contributed by atoms with Gasteiger partial charge in [0.15, 0.2) is 11.9 Å². The van der Waals surface area contributed by atoms with Gasteiger partial charge in [-0.05, 0) is 18.5 Å². The van der Waals surface area contributed by atoms with E-state index in [0.717, 1.165) is 0 Å². The molecule has 0 amide bonds. The fraction of sp³-hybridized carbons (Fsp3) is 0.200. The predicted octanol–water partition coefficient (Wildman–Crippen LogP) is 1.69. The third-order valence-corrected chi connectivity index (χ3v) is 2.06. The van der Waals surface area contributed by atoms with Gasteiger partial charge in [-0.1, -0.05) is 24.3 Å². The molecule has 0 unspecified atom stereocenters. The van der Waals surface area contributed by atoms with E-state index in [2.05, 4.69) is 0 Å². The number of rotatable bonds is 3. The average Bonchev–Trinajstić information content (AvgIpc) is 2.16. The van der Waals surface area contributed by atoms with Crippen LogP contribution in [-0.4, -0.2) is 16.1 Å². The van der Waals surface area contributed by atoms with Crippen LogP contribution in [0.5, 0.6) is 0 Å². The maximum atomic E-state index is 11.1. The van der Waals surface area contributed by atoms with Gasteiger partial charge in [0.25, 0.3) is 5.24 Å². The van der Waals surface area contributed by atoms with Crippen molar-refractivity contribution in [2.24, 2.45) is 0 Å². The van der Waals surface area contributed by atoms with E-state index in [4.69, 9.17) is 11.6 Å². The van der Waals surface area contributed by atoms with Crippen LogP contribution < -0.4 is 0 Å². The van der Waals surface area contributed by atoms with Crippen molar-refractivity contribution in [3.05, 3.63) is 35.4 Å². The van der Waals surface area contributed by atoms with E-state index in [1.165, 1.54) is 13.0 Å². The van der Waals surface area contributed by atoms with Crippen LogP contribution in [0.25, 0.3) is 0 Å². The number of ketones is 1. The van der Waals surface area contributed by atoms with Gasteiger partial charge in [-0.3, -0.25) is 9.59 Å². The Hall–Kier alpha value is -1.19. The summed E-state index contributed by atoms with van der Waals surface area (Å²) in [4.78, 5) is 21.9. The van der Waals surface area contributed by atoms with Gasteiger partial charge in [0.1, 0.15) is 0 Å². The summed E-state index contributed by atoms with van der Waals surface area (Å²) in [5, 5.41) is 8.50. The number of aliphatic hydroxyl groups is 1. The zero-order valence-electron chi connectivity index (χ0n) is 7.53. The number of carbonyl (C=O) groups excluding carboxylic acids is 2. The number of benzene rings is 1. The van der Waals surface area contributed by atoms with Crippen molar-refractivity contribution in [3.8, 4) is 0 Å². The number of carbonyl (C=O) groups is 2. The summed E-state index contributed by atoms with van der Waals surface area (Å²) in [6.07, 6.45) is -1.43. The molecule has 0 radical (unpaired) electrons. The largest absolute Gasteiger partial charge is 0.379 e. The lowest BCUT2D eigenvalue weighted by Crippen LogP contribution is -2.10. The number of hydrogen-bond acceptors (Lipinski definition) is 3. The average molecular weight is 213 g/mol. The molecule has 0 heterocycles. The fourth-order valence-corrected chi connectivity index (χ4v) is 1.30. The topological polar surface area (TPSA) is 54.4 Å². The van der Waals surface area contributed by atoms with E-state index in [-0.39, 0.29) is 11.3 Å². The Bertz CT molecular complexity index is 373. The van der Waals surface area contributed by atoms with Gasteiger partial charge in [-0.25, -0.2) is 0 Å². The highest BCUT2D eigenvalue weighted by Gasteiger charge is 2.19. The molecule has 0 spiro atoms. The van der Waals surface area contributed by atoms with Crippen molar-refractivity contribution in [1.29, 1.82) is 0 Å². The lowest BCUT2D eigenvalue weighted by molar-refractivity contribution is -0.119. The van der Waals surface area contributed by atoms with Gasteiger partial charge in [0.2, 0.25) is 0 Å². The van der Waals surface area contributed by atoms with Crippen LogP contribution in [-0.2, 0) is 4.79 Å². The van der Waals surface area contributed by atoms with E-state index in [0.29, 0.717) is 5.56 Å². The van der Waals surface area contributed by atoms with Crippen molar-refractivity contribution >= 4 is 22.6 Å². The Labute approximate surface area is 86.3 Å². The monoisotopic (exact) mass is 212 g/mol. The SMILES string of the molecule is CC(=O)c1ccccc1[C@@H](O)C(=O)Cl. The van der Waals surface area contributed by atoms with Crippen LogP contribution in [0.3, 0.4) is 0 Å². The quantitative estimate of drug-likeness (QED) is 0.613. The Morgan fingerprint density at radius 2 is 1.93 bits per heavy atom. The van der Waals surface area contributed by atoms with E-state index in [1.54, 1.807) is 18.2 Å². The molecular formula is C10H9ClO3. The molecule has 0 aliphatic carbocycles. The lowest BCUT2D eigenvalue weighted by atomic mass is 10.0. The molecule has 1 atom stereocenters. The maximum absolute atomic E-state index is 11.1. The zero-order chi connectivity index (χ0) is 10.7. The zero-order valence-corrected chi connectivity index (χ0v) is 8.28. The summed E-state index contributed by atoms with van der Waals surface area (Å²) in [5.41, 5.74) is 0.564. The minimum atomic E-state index is -1.43. The second-order valence-electron chi connectivity index (χ2n) is 2.85. The second kappa shape index (κ2) is 4.35. The number of hydrogen-bond donors (Lipinski definition) is 1. The molecule has 1 rings (SSSR count). The number of halogens is 1. The Morgan fingerprint density at radius 1 is 1.36 bits per heavy atom. The number of aliphatic hydroxyl groups excluding tert-OH is 1. The first kappa shape index (κ1) is 10.9. The first-order valence-electron chi connectivity index (χ1n) is 4.01. The molecule has 1 N–H and O–H groups in total. The smallest absolute Gasteiger partial charge is 0.254 e. The van der Waals surface area contributed by atoms with Crippen LogP contribution in [0.2, 0.25) is 0 Å². The second-order valence-corrected chi connectivity index (χ2v) is 3.22. The highest BCUT2D eigenvalue weighted by atomic mass is 35.5. The van der Waals surface area contributed by atoms with Gasteiger partial charge in [-0.2, -0.15) is 0 Å². The first-order chi connectivity index (χ1) is 6.54. The summed E-state index contributed by atoms with van der Waals surface area (Å²) in [6.45, 7) is 1.37. The van der Waals surface area contributed by atoms with Gasteiger partial charge < -0.3 is 5.11 Å². The van der Waals surface area contributed by atoms with Crippen LogP contribution in [0.15, 0.2) is 24.3 Å². The highest BCUT2D eigenvalue weighted by molar-refractivity contribution is 6.64. The van der Waals surface area contributed by atoms with Gasteiger partial charge in [0, 0.05) is 11.1 Å². The third-order valence-electron chi connectivity index (χ3n) is 1.85. The first-order valence-corrected chi connectivity index (χ1v) is 4.39. The van der Waals surface area contributed by atoms with E-state index >= 15 is 0 Å². The van der Waals surface area contributed by atoms with E-state index < -0.39 is 11.3 Å². The van der Waals surface area contributed by atoms with Gasteiger partial charge in [0.05, 0.1) is 0 Å². The van der Waals surface area contributed by atoms with Crippen molar-refractivity contribution < 1.29 is 14.7 Å². The highest BCUT2D eigenvalue weighted by Crippen LogP contribution is 2.20. The molecule has 14 heavy (non-hydrogen) atoms. The lowest BCUT2D eigenvalue weighted by Gasteiger charge is -2.09. The summed E-state index contributed by atoms with van der Waals surface area (Å²) in [7, 11) is 0. The molecular weight excluding hydrogens is 204 g/mol. The molecule has 0 fully saturated rings. The van der Waals surface area contributed by atoms with Gasteiger partial charge in [-0.15, -0.1) is 0 Å². The molecule has 0 aliphatic heterocycles. The van der Waals surface area contributed by atoms with Crippen molar-refractivity contribution in [2.75, 3.05) is 0 Å². The molecule has 74 valence electrons. The van der Waals surface area contributed by atoms with E-state index in [1.807, 2.05) is 0 Å². The molecule has 0 bridgehead atoms. The van der Waals surface area contributed by atoms with Crippen LogP contribution in [0.1, 0.15) is 28.9 Å². The summed E-state index contributed by atoms with van der Waals surface area (Å²) < 4.78 is 0. The molecule has 4 heteroatoms. The van der Waals surface area contributed by atoms with Crippen LogP contribution >= 0.6 is 11.6 Å². The third kappa shape index (κ3) is 2.19. The van der Waals surface area contributed by atoms with Crippen molar-refractivity contribution in [2.45, 2.75) is 13.0 Å². The minimum Gasteiger partial charge on any atom is -0.379 e. The summed E-state index contributed by atoms with van der Waals surface area (Å²) >= 11 is 5.14. The molecule has 0 saturated heterocycles. The van der Waals surface area contributed by atoms with Crippen LogP contribution in [0, 0.1) is 0 Å². The maximum Gasteiger partial charge on any atom is 0.254 e. The van der Waals surface area contributed by atoms with Crippen molar-refractivity contribution in [1.82, 2.24) is 0 Å². The summed E-state index contributed by atoms with van der Waals surface area (Å²) in [6, 6.07) is 6.33. The minimum absolute atomic E-state index is 0.211. The molecule has 1 aromatic rings.